The molecule has 0 bridgehead atoms. The zero-order valence-corrected chi connectivity index (χ0v) is 16.3. The standard InChI is InChI=1S/C22H20N4O4/c1-25-10-9-22(30,21(25)29)8-7-14-3-2-4-16(11-14)26-18-6-5-15(13-27)12-17(18)19(24-26)20(23)28/h2-6,11-12,27,30H,9-10,13H2,1H3,(H2,23,28)/t22-/m0/s1. The minimum absolute atomic E-state index is 0.102. The predicted molar refractivity (Wildman–Crippen MR) is 110 cm³/mol. The van der Waals surface area contributed by atoms with Crippen molar-refractivity contribution in [3.05, 3.63) is 59.3 Å². The van der Waals surface area contributed by atoms with Crippen molar-refractivity contribution >= 4 is 22.7 Å². The van der Waals surface area contributed by atoms with Crippen LogP contribution in [0.2, 0.25) is 0 Å². The van der Waals surface area contributed by atoms with Gasteiger partial charge in [-0.15, -0.1) is 0 Å². The number of amides is 2. The van der Waals surface area contributed by atoms with Gasteiger partial charge < -0.3 is 20.8 Å². The van der Waals surface area contributed by atoms with Crippen molar-refractivity contribution in [3.63, 3.8) is 0 Å². The number of hydrogen-bond acceptors (Lipinski definition) is 5. The molecule has 0 aliphatic carbocycles. The van der Waals surface area contributed by atoms with Crippen LogP contribution in [-0.2, 0) is 11.4 Å². The Morgan fingerprint density at radius 1 is 1.30 bits per heavy atom. The molecule has 2 amide bonds. The zero-order valence-electron chi connectivity index (χ0n) is 16.3. The van der Waals surface area contributed by atoms with E-state index in [4.69, 9.17) is 5.73 Å². The number of likely N-dealkylation sites (N-methyl/N-ethyl adjacent to an activating group) is 1. The van der Waals surface area contributed by atoms with Crippen molar-refractivity contribution in [2.45, 2.75) is 18.6 Å². The third-order valence-electron chi connectivity index (χ3n) is 5.17. The molecule has 30 heavy (non-hydrogen) atoms. The predicted octanol–water partition coefficient (Wildman–Crippen LogP) is 0.561. The summed E-state index contributed by atoms with van der Waals surface area (Å²) in [4.78, 5) is 25.4. The van der Waals surface area contributed by atoms with E-state index in [-0.39, 0.29) is 18.7 Å². The second kappa shape index (κ2) is 7.30. The quantitative estimate of drug-likeness (QED) is 0.551. The van der Waals surface area contributed by atoms with Crippen LogP contribution in [0.1, 0.15) is 28.0 Å². The first kappa shape index (κ1) is 19.6. The SMILES string of the molecule is CN1CC[C@@](O)(C#Cc2cccc(-n3nc(C(N)=O)c4cc(CO)ccc43)c2)C1=O. The lowest BCUT2D eigenvalue weighted by atomic mass is 10.0. The van der Waals surface area contributed by atoms with Gasteiger partial charge in [-0.25, -0.2) is 4.68 Å². The fraction of sp³-hybridized carbons (Fsp3) is 0.227. The molecule has 0 saturated carbocycles. The zero-order chi connectivity index (χ0) is 21.5. The van der Waals surface area contributed by atoms with Crippen molar-refractivity contribution in [1.29, 1.82) is 0 Å². The fourth-order valence-corrected chi connectivity index (χ4v) is 3.50. The lowest BCUT2D eigenvalue weighted by Gasteiger charge is -2.13. The summed E-state index contributed by atoms with van der Waals surface area (Å²) >= 11 is 0. The van der Waals surface area contributed by atoms with E-state index in [1.54, 1.807) is 54.2 Å². The maximum atomic E-state index is 12.1. The summed E-state index contributed by atoms with van der Waals surface area (Å²) < 4.78 is 1.57. The first-order chi connectivity index (χ1) is 14.3. The number of rotatable bonds is 3. The number of hydrogen-bond donors (Lipinski definition) is 3. The van der Waals surface area contributed by atoms with Gasteiger partial charge in [0, 0.05) is 31.0 Å². The first-order valence-electron chi connectivity index (χ1n) is 9.36. The number of carbonyl (C=O) groups excluding carboxylic acids is 2. The number of fused-ring (bicyclic) bond motifs is 1. The Bertz CT molecular complexity index is 1240. The third-order valence-corrected chi connectivity index (χ3v) is 5.17. The molecule has 1 aliphatic heterocycles. The molecule has 2 aromatic carbocycles. The number of nitrogens with two attached hydrogens (primary N) is 1. The van der Waals surface area contributed by atoms with E-state index in [2.05, 4.69) is 16.9 Å². The molecule has 4 N–H and O–H groups in total. The minimum atomic E-state index is -1.68. The maximum Gasteiger partial charge on any atom is 0.269 e. The van der Waals surface area contributed by atoms with E-state index >= 15 is 0 Å². The molecule has 1 aromatic heterocycles. The first-order valence-corrected chi connectivity index (χ1v) is 9.36. The summed E-state index contributed by atoms with van der Waals surface area (Å²) in [5.41, 5.74) is 6.42. The molecule has 8 nitrogen and oxygen atoms in total. The molecule has 1 saturated heterocycles. The monoisotopic (exact) mass is 404 g/mol. The van der Waals surface area contributed by atoms with Crippen molar-refractivity contribution in [1.82, 2.24) is 14.7 Å². The highest BCUT2D eigenvalue weighted by Crippen LogP contribution is 2.25. The molecular formula is C22H20N4O4. The van der Waals surface area contributed by atoms with Crippen LogP contribution in [0.25, 0.3) is 16.6 Å². The number of benzene rings is 2. The number of primary amides is 1. The van der Waals surface area contributed by atoms with E-state index < -0.39 is 17.4 Å². The van der Waals surface area contributed by atoms with E-state index in [1.165, 1.54) is 4.90 Å². The summed E-state index contributed by atoms with van der Waals surface area (Å²) in [5.74, 6) is 4.48. The Morgan fingerprint density at radius 2 is 2.10 bits per heavy atom. The van der Waals surface area contributed by atoms with Gasteiger partial charge in [0.2, 0.25) is 5.60 Å². The average Bonchev–Trinajstić information content (AvgIpc) is 3.26. The molecule has 8 heteroatoms. The highest BCUT2D eigenvalue weighted by atomic mass is 16.3. The highest BCUT2D eigenvalue weighted by Gasteiger charge is 2.42. The molecule has 0 spiro atoms. The number of aromatic nitrogens is 2. The van der Waals surface area contributed by atoms with Gasteiger partial charge in [0.1, 0.15) is 0 Å². The molecule has 1 atom stereocenters. The summed E-state index contributed by atoms with van der Waals surface area (Å²) in [6, 6.07) is 12.3. The maximum absolute atomic E-state index is 12.1. The van der Waals surface area contributed by atoms with Crippen LogP contribution in [-0.4, -0.2) is 55.9 Å². The van der Waals surface area contributed by atoms with Gasteiger partial charge in [-0.3, -0.25) is 9.59 Å². The van der Waals surface area contributed by atoms with Gasteiger partial charge in [0.25, 0.3) is 11.8 Å². The number of nitrogens with zero attached hydrogens (tertiary/aromatic N) is 3. The Hall–Kier alpha value is -3.67. The van der Waals surface area contributed by atoms with Gasteiger partial charge in [-0.05, 0) is 35.9 Å². The summed E-state index contributed by atoms with van der Waals surface area (Å²) in [5, 5.41) is 24.8. The fourth-order valence-electron chi connectivity index (χ4n) is 3.50. The number of likely N-dealkylation sites (tertiary alicyclic amines) is 1. The second-order valence-corrected chi connectivity index (χ2v) is 7.27. The van der Waals surface area contributed by atoms with Crippen LogP contribution >= 0.6 is 0 Å². The minimum Gasteiger partial charge on any atom is -0.392 e. The van der Waals surface area contributed by atoms with Crippen LogP contribution < -0.4 is 5.73 Å². The normalized spacial score (nSPS) is 18.5. The van der Waals surface area contributed by atoms with E-state index in [9.17, 15) is 19.8 Å². The molecule has 0 unspecified atom stereocenters. The molecule has 152 valence electrons. The largest absolute Gasteiger partial charge is 0.392 e. The number of aliphatic hydroxyl groups excluding tert-OH is 1. The molecular weight excluding hydrogens is 384 g/mol. The van der Waals surface area contributed by atoms with Crippen LogP contribution in [0.3, 0.4) is 0 Å². The summed E-state index contributed by atoms with van der Waals surface area (Å²) in [6.45, 7) is 0.288. The van der Waals surface area contributed by atoms with Crippen molar-refractivity contribution in [2.75, 3.05) is 13.6 Å². The van der Waals surface area contributed by atoms with Crippen LogP contribution in [0.4, 0.5) is 0 Å². The van der Waals surface area contributed by atoms with Crippen molar-refractivity contribution < 1.29 is 19.8 Å². The summed E-state index contributed by atoms with van der Waals surface area (Å²) in [6.07, 6.45) is 0.258. The summed E-state index contributed by atoms with van der Waals surface area (Å²) in [7, 11) is 1.63. The van der Waals surface area contributed by atoms with Gasteiger partial charge in [0.15, 0.2) is 5.69 Å². The van der Waals surface area contributed by atoms with Crippen LogP contribution in [0.15, 0.2) is 42.5 Å². The second-order valence-electron chi connectivity index (χ2n) is 7.27. The highest BCUT2D eigenvalue weighted by molar-refractivity contribution is 6.04. The van der Waals surface area contributed by atoms with E-state index in [1.807, 2.05) is 0 Å². The molecule has 4 rings (SSSR count). The Balaban J connectivity index is 1.77. The van der Waals surface area contributed by atoms with Gasteiger partial charge >= 0.3 is 0 Å². The smallest absolute Gasteiger partial charge is 0.269 e. The topological polar surface area (TPSA) is 122 Å². The third kappa shape index (κ3) is 3.30. The van der Waals surface area contributed by atoms with Crippen molar-refractivity contribution in [2.24, 2.45) is 5.73 Å². The van der Waals surface area contributed by atoms with Crippen LogP contribution in [0.5, 0.6) is 0 Å². The lowest BCUT2D eigenvalue weighted by Crippen LogP contribution is -2.37. The average molecular weight is 404 g/mol. The van der Waals surface area contributed by atoms with Gasteiger partial charge in [-0.2, -0.15) is 5.10 Å². The molecule has 0 radical (unpaired) electrons. The van der Waals surface area contributed by atoms with E-state index in [0.717, 1.165) is 0 Å². The lowest BCUT2D eigenvalue weighted by molar-refractivity contribution is -0.137. The van der Waals surface area contributed by atoms with Crippen molar-refractivity contribution in [3.8, 4) is 17.5 Å². The van der Waals surface area contributed by atoms with Crippen LogP contribution in [0, 0.1) is 11.8 Å². The number of carbonyl (C=O) groups is 2. The Morgan fingerprint density at radius 3 is 2.77 bits per heavy atom. The Labute approximate surface area is 172 Å². The van der Waals surface area contributed by atoms with E-state index in [0.29, 0.717) is 34.3 Å². The molecule has 3 aromatic rings. The molecule has 2 heterocycles. The molecule has 1 fully saturated rings. The van der Waals surface area contributed by atoms with Gasteiger partial charge in [0.05, 0.1) is 17.8 Å². The molecule has 1 aliphatic rings. The number of aliphatic hydroxyl groups is 2. The van der Waals surface area contributed by atoms with Gasteiger partial charge in [-0.1, -0.05) is 24.0 Å². The Kier molecular flexibility index (Phi) is 4.78.